The molecule has 0 fully saturated rings. The van der Waals surface area contributed by atoms with Crippen LogP contribution in [0.1, 0.15) is 20.8 Å². The predicted molar refractivity (Wildman–Crippen MR) is 65.5 cm³/mol. The van der Waals surface area contributed by atoms with Gasteiger partial charge in [0, 0.05) is 0 Å². The summed E-state index contributed by atoms with van der Waals surface area (Å²) in [5.74, 6) is 0. The van der Waals surface area contributed by atoms with Crippen molar-refractivity contribution in [3.8, 4) is 0 Å². The third-order valence-corrected chi connectivity index (χ3v) is 4.00. The zero-order chi connectivity index (χ0) is 14.2. The van der Waals surface area contributed by atoms with Gasteiger partial charge in [0.2, 0.25) is 0 Å². The first-order chi connectivity index (χ1) is 8.31. The second-order valence-electron chi connectivity index (χ2n) is 4.08. The molecular formula is C11H21F3O3Si. The van der Waals surface area contributed by atoms with Gasteiger partial charge in [-0.25, -0.2) is 13.2 Å². The number of rotatable bonds is 10. The van der Waals surface area contributed by atoms with Crippen LogP contribution in [0.15, 0.2) is 12.3 Å². The fourth-order valence-corrected chi connectivity index (χ4v) is 2.98. The van der Waals surface area contributed by atoms with Crippen molar-refractivity contribution in [3.63, 3.8) is 0 Å². The van der Waals surface area contributed by atoms with E-state index in [9.17, 15) is 13.2 Å². The van der Waals surface area contributed by atoms with E-state index < -0.39 is 27.3 Å². The van der Waals surface area contributed by atoms with Gasteiger partial charge >= 0.3 is 8.80 Å². The minimum Gasteiger partial charge on any atom is -0.367 e. The van der Waals surface area contributed by atoms with E-state index in [-0.39, 0.29) is 19.8 Å². The van der Waals surface area contributed by atoms with E-state index in [2.05, 4.69) is 6.58 Å². The van der Waals surface area contributed by atoms with Crippen LogP contribution in [-0.2, 0) is 13.3 Å². The Morgan fingerprint density at radius 2 is 1.17 bits per heavy atom. The molecule has 0 heterocycles. The Bertz CT molecular complexity index is 206. The van der Waals surface area contributed by atoms with E-state index in [0.29, 0.717) is 0 Å². The van der Waals surface area contributed by atoms with E-state index in [1.54, 1.807) is 0 Å². The van der Waals surface area contributed by atoms with Crippen LogP contribution in [0.2, 0.25) is 0 Å². The van der Waals surface area contributed by atoms with E-state index in [1.807, 2.05) is 0 Å². The summed E-state index contributed by atoms with van der Waals surface area (Å²) < 4.78 is 53.9. The van der Waals surface area contributed by atoms with Gasteiger partial charge < -0.3 is 13.3 Å². The van der Waals surface area contributed by atoms with Gasteiger partial charge in [-0.15, -0.1) is 0 Å². The Kier molecular flexibility index (Phi) is 8.50. The van der Waals surface area contributed by atoms with Crippen LogP contribution in [0, 0.1) is 0 Å². The molecule has 108 valence electrons. The molecule has 0 aliphatic carbocycles. The highest BCUT2D eigenvalue weighted by Crippen LogP contribution is 2.14. The lowest BCUT2D eigenvalue weighted by molar-refractivity contribution is 0.0309. The van der Waals surface area contributed by atoms with Crippen molar-refractivity contribution in [2.75, 3.05) is 19.8 Å². The van der Waals surface area contributed by atoms with Crippen LogP contribution in [0.3, 0.4) is 0 Å². The molecule has 0 aromatic heterocycles. The van der Waals surface area contributed by atoms with Crippen LogP contribution in [0.25, 0.3) is 0 Å². The first kappa shape index (κ1) is 17.6. The van der Waals surface area contributed by atoms with Crippen molar-refractivity contribution in [3.05, 3.63) is 12.3 Å². The molecule has 0 bridgehead atoms. The average Bonchev–Trinajstić information content (AvgIpc) is 2.28. The second kappa shape index (κ2) is 8.68. The number of hydrogen-bond acceptors (Lipinski definition) is 3. The summed E-state index contributed by atoms with van der Waals surface area (Å²) in [7, 11) is -3.41. The standard InChI is InChI=1S/C11H21F3O3Si/c1-5-18(15-6-9(2)12,16-7-10(3)13)17-8-11(4)14/h5,9-11H,1,6-8H2,2-4H3. The molecule has 3 atom stereocenters. The molecule has 0 N–H and O–H groups in total. The highest BCUT2D eigenvalue weighted by molar-refractivity contribution is 6.66. The Hall–Kier alpha value is -0.373. The Balaban J connectivity index is 4.54. The van der Waals surface area contributed by atoms with E-state index >= 15 is 0 Å². The highest BCUT2D eigenvalue weighted by Gasteiger charge is 2.39. The highest BCUT2D eigenvalue weighted by atomic mass is 28.4. The monoisotopic (exact) mass is 286 g/mol. The van der Waals surface area contributed by atoms with Gasteiger partial charge in [-0.1, -0.05) is 6.58 Å². The molecule has 0 saturated heterocycles. The Morgan fingerprint density at radius 3 is 1.33 bits per heavy atom. The lowest BCUT2D eigenvalue weighted by atomic mass is 10.5. The molecule has 3 unspecified atom stereocenters. The van der Waals surface area contributed by atoms with Crippen LogP contribution >= 0.6 is 0 Å². The SMILES string of the molecule is C=C[Si](OCC(C)F)(OCC(C)F)OCC(C)F. The van der Waals surface area contributed by atoms with Crippen molar-refractivity contribution in [2.24, 2.45) is 0 Å². The maximum absolute atomic E-state index is 12.8. The van der Waals surface area contributed by atoms with Gasteiger partial charge in [-0.2, -0.15) is 0 Å². The molecular weight excluding hydrogens is 265 g/mol. The quantitative estimate of drug-likeness (QED) is 0.578. The van der Waals surface area contributed by atoms with Crippen molar-refractivity contribution in [2.45, 2.75) is 39.3 Å². The zero-order valence-electron chi connectivity index (χ0n) is 11.0. The fraction of sp³-hybridized carbons (Fsp3) is 0.818. The predicted octanol–water partition coefficient (Wildman–Crippen LogP) is 2.77. The molecule has 0 aliphatic rings. The van der Waals surface area contributed by atoms with Gasteiger partial charge in [0.25, 0.3) is 0 Å². The van der Waals surface area contributed by atoms with Crippen molar-refractivity contribution in [1.29, 1.82) is 0 Å². The molecule has 0 radical (unpaired) electrons. The van der Waals surface area contributed by atoms with E-state index in [0.717, 1.165) is 0 Å². The summed E-state index contributed by atoms with van der Waals surface area (Å²) in [5.41, 5.74) is 1.25. The number of halogens is 3. The van der Waals surface area contributed by atoms with Crippen LogP contribution in [0.5, 0.6) is 0 Å². The minimum atomic E-state index is -3.41. The zero-order valence-corrected chi connectivity index (χ0v) is 12.0. The molecule has 0 saturated carbocycles. The van der Waals surface area contributed by atoms with Crippen molar-refractivity contribution in [1.82, 2.24) is 0 Å². The third-order valence-electron chi connectivity index (χ3n) is 1.79. The maximum Gasteiger partial charge on any atom is 0.529 e. The van der Waals surface area contributed by atoms with Crippen LogP contribution in [-0.4, -0.2) is 47.1 Å². The van der Waals surface area contributed by atoms with Crippen LogP contribution < -0.4 is 0 Å². The Labute approximate surface area is 107 Å². The van der Waals surface area contributed by atoms with Gasteiger partial charge in [0.1, 0.15) is 18.5 Å². The molecule has 0 aliphatic heterocycles. The van der Waals surface area contributed by atoms with E-state index in [1.165, 1.54) is 26.5 Å². The maximum atomic E-state index is 12.8. The smallest absolute Gasteiger partial charge is 0.367 e. The number of hydrogen-bond donors (Lipinski definition) is 0. The van der Waals surface area contributed by atoms with Gasteiger partial charge in [0.05, 0.1) is 19.8 Å². The first-order valence-corrected chi connectivity index (χ1v) is 7.59. The van der Waals surface area contributed by atoms with Crippen molar-refractivity contribution >= 4 is 8.80 Å². The summed E-state index contributed by atoms with van der Waals surface area (Å²) >= 11 is 0. The fourth-order valence-electron chi connectivity index (χ4n) is 0.995. The molecule has 3 nitrogen and oxygen atoms in total. The molecule has 18 heavy (non-hydrogen) atoms. The lowest BCUT2D eigenvalue weighted by Gasteiger charge is -2.27. The van der Waals surface area contributed by atoms with E-state index in [4.69, 9.17) is 13.3 Å². The minimum absolute atomic E-state index is 0.264. The summed E-state index contributed by atoms with van der Waals surface area (Å²) in [4.78, 5) is 0. The largest absolute Gasteiger partial charge is 0.529 e. The Morgan fingerprint density at radius 1 is 0.889 bits per heavy atom. The molecule has 0 aromatic rings. The molecule has 0 rings (SSSR count). The summed E-state index contributed by atoms with van der Waals surface area (Å²) in [5, 5.41) is 0. The summed E-state index contributed by atoms with van der Waals surface area (Å²) in [6.07, 6.45) is -3.68. The lowest BCUT2D eigenvalue weighted by Crippen LogP contribution is -2.47. The van der Waals surface area contributed by atoms with Gasteiger partial charge in [0.15, 0.2) is 0 Å². The molecule has 0 spiro atoms. The topological polar surface area (TPSA) is 27.7 Å². The second-order valence-corrected chi connectivity index (χ2v) is 6.56. The van der Waals surface area contributed by atoms with Gasteiger partial charge in [-0.05, 0) is 26.5 Å². The van der Waals surface area contributed by atoms with Crippen molar-refractivity contribution < 1.29 is 26.4 Å². The van der Waals surface area contributed by atoms with Gasteiger partial charge in [-0.3, -0.25) is 0 Å². The first-order valence-electron chi connectivity index (χ1n) is 5.79. The summed E-state index contributed by atoms with van der Waals surface area (Å²) in [6, 6.07) is 0. The third kappa shape index (κ3) is 7.86. The normalized spacial score (nSPS) is 19.9. The molecule has 0 amide bonds. The summed E-state index contributed by atoms with van der Waals surface area (Å²) in [6.45, 7) is 6.60. The average molecular weight is 286 g/mol. The number of alkyl halides is 3. The van der Waals surface area contributed by atoms with Crippen LogP contribution in [0.4, 0.5) is 13.2 Å². The molecule has 0 aromatic carbocycles. The molecule has 7 heteroatoms.